The van der Waals surface area contributed by atoms with E-state index < -0.39 is 0 Å². The van der Waals surface area contributed by atoms with Crippen molar-refractivity contribution in [3.05, 3.63) is 70.4 Å². The fourth-order valence-electron chi connectivity index (χ4n) is 2.86. The molecule has 0 aliphatic carbocycles. The van der Waals surface area contributed by atoms with Gasteiger partial charge in [-0.05, 0) is 49.2 Å². The normalized spacial score (nSPS) is 10.3. The van der Waals surface area contributed by atoms with Gasteiger partial charge in [0.25, 0.3) is 5.91 Å². The Balaban J connectivity index is 0.000000924. The average molecular weight is 328 g/mol. The summed E-state index contributed by atoms with van der Waals surface area (Å²) in [6.07, 6.45) is 0.910. The quantitative estimate of drug-likeness (QED) is 0.576. The molecular weight excluding hydrogens is 306 g/mol. The molecule has 2 nitrogen and oxygen atoms in total. The number of aromatic nitrogens is 1. The van der Waals surface area contributed by atoms with Gasteiger partial charge in [-0.25, -0.2) is 0 Å². The molecule has 23 heavy (non-hydrogen) atoms. The first-order valence-corrected chi connectivity index (χ1v) is 8.40. The maximum absolute atomic E-state index is 12.8. The van der Waals surface area contributed by atoms with Crippen LogP contribution in [0.1, 0.15) is 42.4 Å². The molecule has 0 atom stereocenters. The monoisotopic (exact) mass is 327 g/mol. The Morgan fingerprint density at radius 1 is 1.04 bits per heavy atom. The fourth-order valence-corrected chi connectivity index (χ4v) is 2.99. The predicted octanol–water partition coefficient (Wildman–Crippen LogP) is 5.88. The Kier molecular flexibility index (Phi) is 5.62. The summed E-state index contributed by atoms with van der Waals surface area (Å²) in [5.74, 6) is -0.0138. The standard InChI is InChI=1S/C18H16ClNO.C2H6/c1-3-15-12(2)20(17-7-5-4-6-16(15)17)18(21)13-8-10-14(19)11-9-13;1-2/h4-11H,3H2,1-2H3;1-2H3. The van der Waals surface area contributed by atoms with Crippen molar-refractivity contribution in [2.24, 2.45) is 0 Å². The Hall–Kier alpha value is -2.06. The summed E-state index contributed by atoms with van der Waals surface area (Å²) in [7, 11) is 0. The number of carbonyl (C=O) groups excluding carboxylic acids is 1. The molecule has 3 rings (SSSR count). The zero-order chi connectivity index (χ0) is 17.0. The van der Waals surface area contributed by atoms with E-state index >= 15 is 0 Å². The van der Waals surface area contributed by atoms with Crippen molar-refractivity contribution < 1.29 is 4.79 Å². The van der Waals surface area contributed by atoms with E-state index in [0.29, 0.717) is 10.6 Å². The number of aryl methyl sites for hydroxylation is 1. The summed E-state index contributed by atoms with van der Waals surface area (Å²) < 4.78 is 1.80. The minimum atomic E-state index is -0.0138. The molecule has 0 N–H and O–H groups in total. The minimum absolute atomic E-state index is 0.0138. The first kappa shape index (κ1) is 17.3. The van der Waals surface area contributed by atoms with Gasteiger partial charge in [0.05, 0.1) is 5.52 Å². The van der Waals surface area contributed by atoms with Crippen LogP contribution >= 0.6 is 11.6 Å². The number of fused-ring (bicyclic) bond motifs is 1. The molecule has 0 bridgehead atoms. The van der Waals surface area contributed by atoms with Gasteiger partial charge in [0.1, 0.15) is 0 Å². The first-order valence-electron chi connectivity index (χ1n) is 8.02. The smallest absolute Gasteiger partial charge is 0.262 e. The molecule has 0 aliphatic rings. The van der Waals surface area contributed by atoms with Crippen molar-refractivity contribution in [1.29, 1.82) is 0 Å². The molecule has 1 heterocycles. The second kappa shape index (κ2) is 7.47. The molecule has 0 aliphatic heterocycles. The molecule has 0 spiro atoms. The summed E-state index contributed by atoms with van der Waals surface area (Å²) in [5.41, 5.74) is 3.85. The van der Waals surface area contributed by atoms with Gasteiger partial charge in [-0.1, -0.05) is 50.6 Å². The third-order valence-corrected chi connectivity index (χ3v) is 4.14. The number of hydrogen-bond acceptors (Lipinski definition) is 1. The number of hydrogen-bond donors (Lipinski definition) is 0. The van der Waals surface area contributed by atoms with E-state index in [9.17, 15) is 4.79 Å². The largest absolute Gasteiger partial charge is 0.280 e. The van der Waals surface area contributed by atoms with Gasteiger partial charge in [0.2, 0.25) is 0 Å². The number of halogens is 1. The third kappa shape index (κ3) is 3.18. The lowest BCUT2D eigenvalue weighted by atomic mass is 10.1. The van der Waals surface area contributed by atoms with Crippen LogP contribution in [0.4, 0.5) is 0 Å². The lowest BCUT2D eigenvalue weighted by Gasteiger charge is -2.07. The lowest BCUT2D eigenvalue weighted by molar-refractivity contribution is 0.0963. The highest BCUT2D eigenvalue weighted by atomic mass is 35.5. The molecular formula is C20H22ClNO. The van der Waals surface area contributed by atoms with E-state index in [1.165, 1.54) is 5.56 Å². The summed E-state index contributed by atoms with van der Waals surface area (Å²) >= 11 is 5.90. The molecule has 2 aromatic carbocycles. The van der Waals surface area contributed by atoms with E-state index in [1.807, 2.05) is 39.0 Å². The highest BCUT2D eigenvalue weighted by Gasteiger charge is 2.18. The summed E-state index contributed by atoms with van der Waals surface area (Å²) in [6, 6.07) is 15.1. The van der Waals surface area contributed by atoms with Crippen LogP contribution in [-0.4, -0.2) is 10.5 Å². The highest BCUT2D eigenvalue weighted by molar-refractivity contribution is 6.30. The second-order valence-electron chi connectivity index (χ2n) is 5.08. The van der Waals surface area contributed by atoms with Gasteiger partial charge >= 0.3 is 0 Å². The van der Waals surface area contributed by atoms with Crippen LogP contribution in [0.2, 0.25) is 5.02 Å². The van der Waals surface area contributed by atoms with E-state index in [4.69, 9.17) is 11.6 Å². The molecule has 0 amide bonds. The van der Waals surface area contributed by atoms with Crippen molar-refractivity contribution >= 4 is 28.4 Å². The van der Waals surface area contributed by atoms with E-state index in [-0.39, 0.29) is 5.91 Å². The summed E-state index contributed by atoms with van der Waals surface area (Å²) in [6.45, 7) is 8.12. The average Bonchev–Trinajstić information content (AvgIpc) is 2.88. The van der Waals surface area contributed by atoms with Crippen LogP contribution in [0.15, 0.2) is 48.5 Å². The van der Waals surface area contributed by atoms with Crippen molar-refractivity contribution in [3.63, 3.8) is 0 Å². The Bertz CT molecular complexity index is 816. The number of rotatable bonds is 2. The lowest BCUT2D eigenvalue weighted by Crippen LogP contribution is -2.13. The summed E-state index contributed by atoms with van der Waals surface area (Å²) in [5, 5.41) is 1.79. The maximum Gasteiger partial charge on any atom is 0.262 e. The van der Waals surface area contributed by atoms with Crippen molar-refractivity contribution in [1.82, 2.24) is 4.57 Å². The number of para-hydroxylation sites is 1. The molecule has 3 aromatic rings. The number of nitrogens with zero attached hydrogens (tertiary/aromatic N) is 1. The minimum Gasteiger partial charge on any atom is -0.280 e. The van der Waals surface area contributed by atoms with E-state index in [1.54, 1.807) is 28.8 Å². The fraction of sp³-hybridized carbons (Fsp3) is 0.250. The molecule has 3 heteroatoms. The Labute approximate surface area is 142 Å². The van der Waals surface area contributed by atoms with Crippen LogP contribution < -0.4 is 0 Å². The second-order valence-corrected chi connectivity index (χ2v) is 5.52. The van der Waals surface area contributed by atoms with Crippen molar-refractivity contribution in [2.75, 3.05) is 0 Å². The van der Waals surface area contributed by atoms with Crippen molar-refractivity contribution in [3.8, 4) is 0 Å². The van der Waals surface area contributed by atoms with E-state index in [0.717, 1.165) is 23.0 Å². The maximum atomic E-state index is 12.8. The third-order valence-electron chi connectivity index (χ3n) is 3.89. The van der Waals surface area contributed by atoms with Crippen LogP contribution in [0, 0.1) is 6.92 Å². The number of carbonyl (C=O) groups is 1. The molecule has 0 radical (unpaired) electrons. The van der Waals surface area contributed by atoms with Crippen LogP contribution in [0.25, 0.3) is 10.9 Å². The number of benzene rings is 2. The van der Waals surface area contributed by atoms with Gasteiger partial charge in [-0.3, -0.25) is 9.36 Å². The molecule has 0 fully saturated rings. The highest BCUT2D eigenvalue weighted by Crippen LogP contribution is 2.27. The van der Waals surface area contributed by atoms with Gasteiger partial charge in [0.15, 0.2) is 0 Å². The summed E-state index contributed by atoms with van der Waals surface area (Å²) in [4.78, 5) is 12.8. The molecule has 120 valence electrons. The zero-order valence-electron chi connectivity index (χ0n) is 14.1. The van der Waals surface area contributed by atoms with Crippen LogP contribution in [-0.2, 0) is 6.42 Å². The molecule has 0 saturated carbocycles. The zero-order valence-corrected chi connectivity index (χ0v) is 14.8. The predicted molar refractivity (Wildman–Crippen MR) is 98.6 cm³/mol. The van der Waals surface area contributed by atoms with Gasteiger partial charge < -0.3 is 0 Å². The van der Waals surface area contributed by atoms with Crippen LogP contribution in [0.3, 0.4) is 0 Å². The van der Waals surface area contributed by atoms with E-state index in [2.05, 4.69) is 13.0 Å². The molecule has 0 saturated heterocycles. The Morgan fingerprint density at radius 3 is 2.26 bits per heavy atom. The van der Waals surface area contributed by atoms with Gasteiger partial charge in [-0.15, -0.1) is 0 Å². The first-order chi connectivity index (χ1) is 11.1. The van der Waals surface area contributed by atoms with Crippen molar-refractivity contribution in [2.45, 2.75) is 34.1 Å². The topological polar surface area (TPSA) is 22.0 Å². The van der Waals surface area contributed by atoms with Crippen LogP contribution in [0.5, 0.6) is 0 Å². The molecule has 0 unspecified atom stereocenters. The SMILES string of the molecule is CC.CCc1c(C)n(C(=O)c2ccc(Cl)cc2)c2ccccc12. The Morgan fingerprint density at radius 2 is 1.65 bits per heavy atom. The molecule has 1 aromatic heterocycles. The van der Waals surface area contributed by atoms with Gasteiger partial charge in [0, 0.05) is 21.7 Å². The van der Waals surface area contributed by atoms with Gasteiger partial charge in [-0.2, -0.15) is 0 Å².